The first-order valence-corrected chi connectivity index (χ1v) is 6.75. The third-order valence-electron chi connectivity index (χ3n) is 3.57. The van der Waals surface area contributed by atoms with Crippen molar-refractivity contribution in [1.29, 1.82) is 0 Å². The smallest absolute Gasteiger partial charge is 0.252 e. The third kappa shape index (κ3) is 1.34. The van der Waals surface area contributed by atoms with E-state index in [1.165, 1.54) is 16.7 Å². The highest BCUT2D eigenvalue weighted by atomic mass is 79.9. The summed E-state index contributed by atoms with van der Waals surface area (Å²) in [6.45, 7) is 2.10. The first-order chi connectivity index (χ1) is 8.72. The van der Waals surface area contributed by atoms with Gasteiger partial charge in [-0.25, -0.2) is 0 Å². The molecule has 2 aromatic rings. The molecule has 2 aliphatic rings. The van der Waals surface area contributed by atoms with Crippen LogP contribution in [0.1, 0.15) is 22.6 Å². The minimum Gasteiger partial charge on any atom is -0.454 e. The Bertz CT molecular complexity index is 595. The van der Waals surface area contributed by atoms with Gasteiger partial charge in [0.1, 0.15) is 11.5 Å². The maximum atomic E-state index is 5.87. The summed E-state index contributed by atoms with van der Waals surface area (Å²) in [6, 6.07) is 12.4. The molecule has 0 spiro atoms. The predicted octanol–water partition coefficient (Wildman–Crippen LogP) is 4.00. The van der Waals surface area contributed by atoms with Gasteiger partial charge in [-0.05, 0) is 31.2 Å². The molecule has 0 saturated carbocycles. The van der Waals surface area contributed by atoms with Gasteiger partial charge in [-0.2, -0.15) is 0 Å². The van der Waals surface area contributed by atoms with E-state index in [1.54, 1.807) is 0 Å². The molecule has 2 heterocycles. The average Bonchev–Trinajstić information content (AvgIpc) is 2.85. The van der Waals surface area contributed by atoms with Crippen LogP contribution in [-0.4, -0.2) is 6.29 Å². The molecule has 0 aliphatic carbocycles. The Kier molecular flexibility index (Phi) is 2.04. The lowest BCUT2D eigenvalue weighted by Crippen LogP contribution is -2.19. The van der Waals surface area contributed by atoms with Gasteiger partial charge >= 0.3 is 0 Å². The van der Waals surface area contributed by atoms with Crippen LogP contribution in [0.4, 0.5) is 0 Å². The Balaban J connectivity index is 1.91. The van der Waals surface area contributed by atoms with E-state index in [-0.39, 0.29) is 12.2 Å². The van der Waals surface area contributed by atoms with Crippen molar-refractivity contribution in [2.75, 3.05) is 0 Å². The molecule has 0 saturated heterocycles. The van der Waals surface area contributed by atoms with Gasteiger partial charge in [-0.3, -0.25) is 0 Å². The van der Waals surface area contributed by atoms with Crippen LogP contribution in [0.2, 0.25) is 0 Å². The molecule has 0 bridgehead atoms. The van der Waals surface area contributed by atoms with E-state index in [4.69, 9.17) is 9.47 Å². The van der Waals surface area contributed by atoms with Crippen LogP contribution in [0.25, 0.3) is 0 Å². The van der Waals surface area contributed by atoms with Gasteiger partial charge in [0.05, 0.1) is 5.92 Å². The van der Waals surface area contributed by atoms with Crippen molar-refractivity contribution >= 4 is 15.9 Å². The highest BCUT2D eigenvalue weighted by Gasteiger charge is 2.43. The lowest BCUT2D eigenvalue weighted by molar-refractivity contribution is 0.0330. The number of fused-ring (bicyclic) bond motifs is 5. The zero-order valence-electron chi connectivity index (χ0n) is 9.81. The molecular formula is C15H11BrO2. The number of halogens is 1. The zero-order valence-corrected chi connectivity index (χ0v) is 11.4. The molecule has 2 unspecified atom stereocenters. The minimum absolute atomic E-state index is 0.201. The summed E-state index contributed by atoms with van der Waals surface area (Å²) in [4.78, 5) is 0. The van der Waals surface area contributed by atoms with Crippen LogP contribution in [0.3, 0.4) is 0 Å². The fourth-order valence-corrected chi connectivity index (χ4v) is 3.14. The molecule has 2 nitrogen and oxygen atoms in total. The zero-order chi connectivity index (χ0) is 12.3. The molecule has 90 valence electrons. The second-order valence-corrected chi connectivity index (χ2v) is 5.72. The Labute approximate surface area is 114 Å². The number of hydrogen-bond donors (Lipinski definition) is 0. The average molecular weight is 303 g/mol. The van der Waals surface area contributed by atoms with E-state index in [1.807, 2.05) is 18.2 Å². The SMILES string of the molecule is Cc1ccc2c(c1)C1c3cc(Br)ccc3OC1O2. The van der Waals surface area contributed by atoms with Crippen LogP contribution in [-0.2, 0) is 0 Å². The van der Waals surface area contributed by atoms with Crippen molar-refractivity contribution in [2.45, 2.75) is 19.1 Å². The summed E-state index contributed by atoms with van der Waals surface area (Å²) in [7, 11) is 0. The Hall–Kier alpha value is -1.48. The Morgan fingerprint density at radius 3 is 2.39 bits per heavy atom. The van der Waals surface area contributed by atoms with Gasteiger partial charge in [0.2, 0.25) is 0 Å². The molecule has 4 rings (SSSR count). The van der Waals surface area contributed by atoms with Crippen molar-refractivity contribution in [3.63, 3.8) is 0 Å². The van der Waals surface area contributed by atoms with E-state index >= 15 is 0 Å². The number of hydrogen-bond acceptors (Lipinski definition) is 2. The van der Waals surface area contributed by atoms with Gasteiger partial charge in [0, 0.05) is 15.6 Å². The molecule has 0 radical (unpaired) electrons. The van der Waals surface area contributed by atoms with Crippen LogP contribution in [0, 0.1) is 6.92 Å². The molecule has 0 amide bonds. The normalized spacial score (nSPS) is 22.8. The molecule has 0 N–H and O–H groups in total. The molecular weight excluding hydrogens is 292 g/mol. The highest BCUT2D eigenvalue weighted by molar-refractivity contribution is 9.10. The monoisotopic (exact) mass is 302 g/mol. The Morgan fingerprint density at radius 2 is 1.61 bits per heavy atom. The van der Waals surface area contributed by atoms with Crippen molar-refractivity contribution in [1.82, 2.24) is 0 Å². The number of rotatable bonds is 0. The van der Waals surface area contributed by atoms with E-state index < -0.39 is 0 Å². The largest absolute Gasteiger partial charge is 0.454 e. The third-order valence-corrected chi connectivity index (χ3v) is 4.06. The minimum atomic E-state index is -0.203. The summed E-state index contributed by atoms with van der Waals surface area (Å²) >= 11 is 3.52. The summed E-state index contributed by atoms with van der Waals surface area (Å²) in [5, 5.41) is 0. The fraction of sp³-hybridized carbons (Fsp3) is 0.200. The van der Waals surface area contributed by atoms with Crippen LogP contribution >= 0.6 is 15.9 Å². The first-order valence-electron chi connectivity index (χ1n) is 5.96. The van der Waals surface area contributed by atoms with Crippen molar-refractivity contribution in [3.8, 4) is 11.5 Å². The van der Waals surface area contributed by atoms with Gasteiger partial charge in [-0.1, -0.05) is 33.6 Å². The van der Waals surface area contributed by atoms with Crippen molar-refractivity contribution < 1.29 is 9.47 Å². The summed E-state index contributed by atoms with van der Waals surface area (Å²) < 4.78 is 12.8. The van der Waals surface area contributed by atoms with Crippen molar-refractivity contribution in [2.24, 2.45) is 0 Å². The number of aryl methyl sites for hydroxylation is 1. The van der Waals surface area contributed by atoms with Crippen molar-refractivity contribution in [3.05, 3.63) is 57.6 Å². The van der Waals surface area contributed by atoms with Crippen LogP contribution < -0.4 is 9.47 Å². The van der Waals surface area contributed by atoms with E-state index in [0.29, 0.717) is 0 Å². The maximum Gasteiger partial charge on any atom is 0.252 e. The maximum absolute atomic E-state index is 5.87. The lowest BCUT2D eigenvalue weighted by Gasteiger charge is -2.08. The standard InChI is InChI=1S/C15H11BrO2/c1-8-2-4-12-10(6-8)14-11-7-9(16)3-5-13(11)18-15(14)17-12/h2-7,14-15H,1H3. The molecule has 2 aliphatic heterocycles. The molecule has 0 aromatic heterocycles. The van der Waals surface area contributed by atoms with Gasteiger partial charge in [-0.15, -0.1) is 0 Å². The van der Waals surface area contributed by atoms with E-state index in [0.717, 1.165) is 16.0 Å². The molecule has 2 atom stereocenters. The summed E-state index contributed by atoms with van der Waals surface area (Å²) in [5.74, 6) is 2.08. The van der Waals surface area contributed by atoms with Gasteiger partial charge in [0.25, 0.3) is 6.29 Å². The second-order valence-electron chi connectivity index (χ2n) is 4.81. The fourth-order valence-electron chi connectivity index (χ4n) is 2.76. The Morgan fingerprint density at radius 1 is 0.944 bits per heavy atom. The van der Waals surface area contributed by atoms with Gasteiger partial charge < -0.3 is 9.47 Å². The number of benzene rings is 2. The quantitative estimate of drug-likeness (QED) is 0.732. The highest BCUT2D eigenvalue weighted by Crippen LogP contribution is 2.50. The second kappa shape index (κ2) is 3.51. The summed E-state index contributed by atoms with van der Waals surface area (Å²) in [5.41, 5.74) is 3.69. The summed E-state index contributed by atoms with van der Waals surface area (Å²) in [6.07, 6.45) is -0.203. The predicted molar refractivity (Wildman–Crippen MR) is 72.2 cm³/mol. The van der Waals surface area contributed by atoms with E-state index in [2.05, 4.69) is 41.1 Å². The van der Waals surface area contributed by atoms with Gasteiger partial charge in [0.15, 0.2) is 0 Å². The molecule has 0 fully saturated rings. The number of ether oxygens (including phenoxy) is 2. The first kappa shape index (κ1) is 10.4. The molecule has 2 aromatic carbocycles. The molecule has 18 heavy (non-hydrogen) atoms. The van der Waals surface area contributed by atoms with Crippen LogP contribution in [0.15, 0.2) is 40.9 Å². The van der Waals surface area contributed by atoms with Crippen LogP contribution in [0.5, 0.6) is 11.5 Å². The van der Waals surface area contributed by atoms with E-state index in [9.17, 15) is 0 Å². The molecule has 3 heteroatoms. The lowest BCUT2D eigenvalue weighted by atomic mass is 9.92. The topological polar surface area (TPSA) is 18.5 Å².